The van der Waals surface area contributed by atoms with Gasteiger partial charge in [-0.15, -0.1) is 0 Å². The summed E-state index contributed by atoms with van der Waals surface area (Å²) >= 11 is 0. The zero-order valence-corrected chi connectivity index (χ0v) is 7.45. The maximum Gasteiger partial charge on any atom is 0.198 e. The largest absolute Gasteiger partial charge is 0.461 e. The van der Waals surface area contributed by atoms with Crippen LogP contribution in [-0.4, -0.2) is 18.9 Å². The van der Waals surface area contributed by atoms with E-state index in [4.69, 9.17) is 4.42 Å². The molecule has 3 heteroatoms. The van der Waals surface area contributed by atoms with Gasteiger partial charge < -0.3 is 9.73 Å². The Morgan fingerprint density at radius 3 is 3.23 bits per heavy atom. The number of nitrogens with one attached hydrogen (secondary N) is 1. The summed E-state index contributed by atoms with van der Waals surface area (Å²) in [7, 11) is 0. The summed E-state index contributed by atoms with van der Waals surface area (Å²) in [6.07, 6.45) is 3.26. The second-order valence-electron chi connectivity index (χ2n) is 3.46. The first kappa shape index (κ1) is 8.51. The van der Waals surface area contributed by atoms with Gasteiger partial charge in [0.05, 0.1) is 6.26 Å². The van der Waals surface area contributed by atoms with Crippen LogP contribution in [-0.2, 0) is 0 Å². The zero-order valence-electron chi connectivity index (χ0n) is 7.45. The molecule has 0 aliphatic carbocycles. The molecule has 3 nitrogen and oxygen atoms in total. The molecule has 1 aliphatic heterocycles. The summed E-state index contributed by atoms with van der Waals surface area (Å²) in [4.78, 5) is 11.5. The van der Waals surface area contributed by atoms with Crippen LogP contribution in [0.2, 0.25) is 0 Å². The van der Waals surface area contributed by atoms with Crippen LogP contribution in [0.15, 0.2) is 22.8 Å². The fourth-order valence-corrected chi connectivity index (χ4v) is 1.69. The van der Waals surface area contributed by atoms with Gasteiger partial charge in [-0.1, -0.05) is 0 Å². The van der Waals surface area contributed by atoms with Gasteiger partial charge in [0.1, 0.15) is 0 Å². The van der Waals surface area contributed by atoms with Gasteiger partial charge in [-0.05, 0) is 37.6 Å². The van der Waals surface area contributed by atoms with Crippen molar-refractivity contribution in [3.05, 3.63) is 24.2 Å². The van der Waals surface area contributed by atoms with Crippen molar-refractivity contribution >= 4 is 5.78 Å². The topological polar surface area (TPSA) is 42.2 Å². The van der Waals surface area contributed by atoms with E-state index in [2.05, 4.69) is 5.32 Å². The van der Waals surface area contributed by atoms with Crippen LogP contribution < -0.4 is 5.32 Å². The monoisotopic (exact) mass is 179 g/mol. The van der Waals surface area contributed by atoms with Crippen LogP contribution in [0, 0.1) is 5.92 Å². The molecule has 0 bridgehead atoms. The Hall–Kier alpha value is -1.09. The lowest BCUT2D eigenvalue weighted by molar-refractivity contribution is 0.0937. The summed E-state index contributed by atoms with van der Waals surface area (Å²) < 4.78 is 5.04. The number of furan rings is 1. The van der Waals surface area contributed by atoms with E-state index in [1.165, 1.54) is 0 Å². The predicted molar refractivity (Wildman–Crippen MR) is 48.6 cm³/mol. The van der Waals surface area contributed by atoms with Crippen LogP contribution >= 0.6 is 0 Å². The fourth-order valence-electron chi connectivity index (χ4n) is 1.69. The van der Waals surface area contributed by atoms with Crippen LogP contribution in [0.4, 0.5) is 0 Å². The minimum Gasteiger partial charge on any atom is -0.461 e. The zero-order chi connectivity index (χ0) is 9.10. The average Bonchev–Trinajstić information content (AvgIpc) is 2.74. The minimum atomic E-state index is 0.124. The van der Waals surface area contributed by atoms with Crippen LogP contribution in [0.3, 0.4) is 0 Å². The fraction of sp³-hybridized carbons (Fsp3) is 0.500. The number of carbonyl (C=O) groups excluding carboxylic acids is 1. The third kappa shape index (κ3) is 1.98. The summed E-state index contributed by atoms with van der Waals surface area (Å²) in [5.74, 6) is 1.11. The van der Waals surface area contributed by atoms with Crippen LogP contribution in [0.1, 0.15) is 23.4 Å². The average molecular weight is 179 g/mol. The normalized spacial score (nSPS) is 22.0. The molecule has 70 valence electrons. The summed E-state index contributed by atoms with van der Waals surface area (Å²) in [6, 6.07) is 3.48. The predicted octanol–water partition coefficient (Wildman–Crippen LogP) is 1.46. The SMILES string of the molecule is O=C(CC1CCNC1)c1ccco1. The molecular weight excluding hydrogens is 166 g/mol. The molecule has 2 heterocycles. The minimum absolute atomic E-state index is 0.124. The molecule has 0 spiro atoms. The first-order valence-electron chi connectivity index (χ1n) is 4.63. The molecule has 0 aromatic carbocycles. The lowest BCUT2D eigenvalue weighted by atomic mass is 10.0. The molecule has 1 aromatic heterocycles. The smallest absolute Gasteiger partial charge is 0.198 e. The third-order valence-corrected chi connectivity index (χ3v) is 2.43. The van der Waals surface area contributed by atoms with Crippen molar-refractivity contribution in [2.45, 2.75) is 12.8 Å². The Balaban J connectivity index is 1.91. The second kappa shape index (κ2) is 3.75. The Kier molecular flexibility index (Phi) is 2.45. The molecule has 0 radical (unpaired) electrons. The van der Waals surface area contributed by atoms with E-state index in [1.807, 2.05) is 0 Å². The van der Waals surface area contributed by atoms with Crippen LogP contribution in [0.5, 0.6) is 0 Å². The van der Waals surface area contributed by atoms with Gasteiger partial charge in [0.2, 0.25) is 0 Å². The molecular formula is C10H13NO2. The van der Waals surface area contributed by atoms with E-state index in [0.29, 0.717) is 18.1 Å². The molecule has 1 N–H and O–H groups in total. The van der Waals surface area contributed by atoms with Gasteiger partial charge in [-0.3, -0.25) is 4.79 Å². The lowest BCUT2D eigenvalue weighted by Gasteiger charge is -2.04. The van der Waals surface area contributed by atoms with Crippen molar-refractivity contribution in [3.8, 4) is 0 Å². The number of rotatable bonds is 3. The second-order valence-corrected chi connectivity index (χ2v) is 3.46. The molecule has 1 aromatic rings. The molecule has 0 amide bonds. The van der Waals surface area contributed by atoms with Gasteiger partial charge >= 0.3 is 0 Å². The maximum absolute atomic E-state index is 11.5. The van der Waals surface area contributed by atoms with Gasteiger partial charge in [-0.25, -0.2) is 0 Å². The number of hydrogen-bond donors (Lipinski definition) is 1. The lowest BCUT2D eigenvalue weighted by Crippen LogP contribution is -2.12. The molecule has 1 saturated heterocycles. The highest BCUT2D eigenvalue weighted by atomic mass is 16.3. The van der Waals surface area contributed by atoms with E-state index < -0.39 is 0 Å². The molecule has 13 heavy (non-hydrogen) atoms. The highest BCUT2D eigenvalue weighted by Gasteiger charge is 2.19. The van der Waals surface area contributed by atoms with Crippen molar-refractivity contribution in [3.63, 3.8) is 0 Å². The molecule has 1 atom stereocenters. The Bertz CT molecular complexity index is 273. The van der Waals surface area contributed by atoms with Gasteiger partial charge in [-0.2, -0.15) is 0 Å². The van der Waals surface area contributed by atoms with E-state index in [9.17, 15) is 4.79 Å². The van der Waals surface area contributed by atoms with E-state index in [0.717, 1.165) is 19.5 Å². The third-order valence-electron chi connectivity index (χ3n) is 2.43. The highest BCUT2D eigenvalue weighted by Crippen LogP contribution is 2.15. The summed E-state index contributed by atoms with van der Waals surface area (Å²) in [6.45, 7) is 2.00. The van der Waals surface area contributed by atoms with Crippen molar-refractivity contribution in [1.29, 1.82) is 0 Å². The van der Waals surface area contributed by atoms with Crippen molar-refractivity contribution in [2.75, 3.05) is 13.1 Å². The number of hydrogen-bond acceptors (Lipinski definition) is 3. The number of ketones is 1. The molecule has 1 aliphatic rings. The summed E-state index contributed by atoms with van der Waals surface area (Å²) in [5, 5.41) is 3.24. The van der Waals surface area contributed by atoms with Crippen molar-refractivity contribution in [1.82, 2.24) is 5.32 Å². The van der Waals surface area contributed by atoms with E-state index >= 15 is 0 Å². The Morgan fingerprint density at radius 2 is 2.62 bits per heavy atom. The molecule has 1 unspecified atom stereocenters. The number of carbonyl (C=O) groups is 1. The highest BCUT2D eigenvalue weighted by molar-refractivity contribution is 5.93. The van der Waals surface area contributed by atoms with Gasteiger partial charge in [0, 0.05) is 6.42 Å². The first-order valence-corrected chi connectivity index (χ1v) is 4.63. The Morgan fingerprint density at radius 1 is 1.69 bits per heavy atom. The molecule has 0 saturated carbocycles. The van der Waals surface area contributed by atoms with E-state index in [1.54, 1.807) is 18.4 Å². The molecule has 2 rings (SSSR count). The van der Waals surface area contributed by atoms with Crippen molar-refractivity contribution in [2.24, 2.45) is 5.92 Å². The van der Waals surface area contributed by atoms with Gasteiger partial charge in [0.15, 0.2) is 11.5 Å². The first-order chi connectivity index (χ1) is 6.36. The van der Waals surface area contributed by atoms with E-state index in [-0.39, 0.29) is 5.78 Å². The maximum atomic E-state index is 11.5. The van der Waals surface area contributed by atoms with Gasteiger partial charge in [0.25, 0.3) is 0 Å². The summed E-state index contributed by atoms with van der Waals surface area (Å²) in [5.41, 5.74) is 0. The van der Waals surface area contributed by atoms with Crippen molar-refractivity contribution < 1.29 is 9.21 Å². The quantitative estimate of drug-likeness (QED) is 0.714. The molecule has 1 fully saturated rings. The van der Waals surface area contributed by atoms with Crippen LogP contribution in [0.25, 0.3) is 0 Å². The number of Topliss-reactive ketones (excluding diaryl/α,β-unsaturated/α-hetero) is 1. The Labute approximate surface area is 77.1 Å². The standard InChI is InChI=1S/C10H13NO2/c12-9(10-2-1-5-13-10)6-8-3-4-11-7-8/h1-2,5,8,11H,3-4,6-7H2.